The van der Waals surface area contributed by atoms with Crippen LogP contribution >= 0.6 is 0 Å². The summed E-state index contributed by atoms with van der Waals surface area (Å²) in [6.45, 7) is 1.95. The average Bonchev–Trinajstić information content (AvgIpc) is 2.75. The molecule has 4 rings (SSSR count). The molecule has 8 heteroatoms. The first-order valence-corrected chi connectivity index (χ1v) is 9.78. The number of hydrogen-bond acceptors (Lipinski definition) is 6. The molecule has 1 aliphatic rings. The molecule has 0 unspecified atom stereocenters. The molecule has 0 radical (unpaired) electrons. The zero-order chi connectivity index (χ0) is 21.1. The number of aromatic nitrogens is 2. The van der Waals surface area contributed by atoms with Crippen LogP contribution in [0.15, 0.2) is 42.7 Å². The summed E-state index contributed by atoms with van der Waals surface area (Å²) in [6, 6.07) is 8.90. The molecular formula is C22H23FN4O3. The Balaban J connectivity index is 1.63. The highest BCUT2D eigenvalue weighted by Gasteiger charge is 2.21. The van der Waals surface area contributed by atoms with Crippen LogP contribution in [0, 0.1) is 5.82 Å². The van der Waals surface area contributed by atoms with Gasteiger partial charge in [0.2, 0.25) is 0 Å². The molecule has 0 spiro atoms. The number of nitrogens with zero attached hydrogens (tertiary/aromatic N) is 3. The van der Waals surface area contributed by atoms with Gasteiger partial charge in [-0.05, 0) is 50.2 Å². The van der Waals surface area contributed by atoms with Crippen molar-refractivity contribution in [1.29, 1.82) is 0 Å². The summed E-state index contributed by atoms with van der Waals surface area (Å²) < 4.78 is 24.9. The van der Waals surface area contributed by atoms with Gasteiger partial charge in [0, 0.05) is 30.1 Å². The summed E-state index contributed by atoms with van der Waals surface area (Å²) in [7, 11) is 3.68. The van der Waals surface area contributed by atoms with Gasteiger partial charge in [0.05, 0.1) is 12.6 Å². The number of carbonyl (C=O) groups excluding carboxylic acids is 1. The molecule has 2 heterocycles. The maximum atomic E-state index is 13.1. The van der Waals surface area contributed by atoms with Gasteiger partial charge in [0.15, 0.2) is 11.5 Å². The highest BCUT2D eigenvalue weighted by atomic mass is 19.1. The van der Waals surface area contributed by atoms with E-state index in [1.54, 1.807) is 19.2 Å². The van der Waals surface area contributed by atoms with E-state index in [0.717, 1.165) is 25.9 Å². The molecule has 30 heavy (non-hydrogen) atoms. The second kappa shape index (κ2) is 8.62. The molecule has 1 amide bonds. The Kier molecular flexibility index (Phi) is 5.76. The van der Waals surface area contributed by atoms with Gasteiger partial charge in [0.1, 0.15) is 24.1 Å². The third-order valence-corrected chi connectivity index (χ3v) is 5.22. The van der Waals surface area contributed by atoms with E-state index in [9.17, 15) is 9.18 Å². The minimum atomic E-state index is -0.401. The van der Waals surface area contributed by atoms with Crippen molar-refractivity contribution in [3.63, 3.8) is 0 Å². The van der Waals surface area contributed by atoms with Gasteiger partial charge >= 0.3 is 0 Å². The van der Waals surface area contributed by atoms with Crippen molar-refractivity contribution in [2.75, 3.05) is 32.6 Å². The van der Waals surface area contributed by atoms with Gasteiger partial charge in [-0.3, -0.25) is 4.79 Å². The fourth-order valence-electron chi connectivity index (χ4n) is 3.48. The molecule has 7 nitrogen and oxygen atoms in total. The molecule has 1 aliphatic heterocycles. The number of hydrogen-bond donors (Lipinski definition) is 1. The standard InChI is InChI=1S/C22H23FN4O3/c1-27-9-7-16(8-10-27)30-20-11-17-18(12-19(20)29-2)24-13-25-21(17)26-22(28)14-3-5-15(23)6-4-14/h3-6,11-13,16H,7-10H2,1-2H3,(H,24,25,26,28). The maximum Gasteiger partial charge on any atom is 0.256 e. The highest BCUT2D eigenvalue weighted by molar-refractivity contribution is 6.07. The molecule has 1 aromatic heterocycles. The summed E-state index contributed by atoms with van der Waals surface area (Å²) in [6.07, 6.45) is 3.32. The first kappa shape index (κ1) is 20.0. The molecule has 0 atom stereocenters. The molecule has 0 saturated carbocycles. The Morgan fingerprint density at radius 2 is 1.87 bits per heavy atom. The van der Waals surface area contributed by atoms with Crippen molar-refractivity contribution in [1.82, 2.24) is 14.9 Å². The van der Waals surface area contributed by atoms with Crippen LogP contribution < -0.4 is 14.8 Å². The van der Waals surface area contributed by atoms with E-state index >= 15 is 0 Å². The van der Waals surface area contributed by atoms with E-state index in [-0.39, 0.29) is 12.0 Å². The molecule has 2 aromatic carbocycles. The number of carbonyl (C=O) groups is 1. The third kappa shape index (κ3) is 4.33. The number of likely N-dealkylation sites (tertiary alicyclic amines) is 1. The molecule has 156 valence electrons. The zero-order valence-corrected chi connectivity index (χ0v) is 16.9. The van der Waals surface area contributed by atoms with E-state index in [2.05, 4.69) is 27.2 Å². The Morgan fingerprint density at radius 1 is 1.13 bits per heavy atom. The topological polar surface area (TPSA) is 76.6 Å². The number of nitrogens with one attached hydrogen (secondary N) is 1. The monoisotopic (exact) mass is 410 g/mol. The number of rotatable bonds is 5. The number of piperidine rings is 1. The molecule has 3 aromatic rings. The van der Waals surface area contributed by atoms with Crippen molar-refractivity contribution in [2.24, 2.45) is 0 Å². The third-order valence-electron chi connectivity index (χ3n) is 5.22. The van der Waals surface area contributed by atoms with Gasteiger partial charge in [0.25, 0.3) is 5.91 Å². The molecule has 1 fully saturated rings. The summed E-state index contributed by atoms with van der Waals surface area (Å²) in [5.74, 6) is 0.734. The average molecular weight is 410 g/mol. The number of anilines is 1. The van der Waals surface area contributed by atoms with Gasteiger partial charge in [-0.15, -0.1) is 0 Å². The lowest BCUT2D eigenvalue weighted by Crippen LogP contribution is -2.35. The van der Waals surface area contributed by atoms with E-state index in [1.807, 2.05) is 0 Å². The van der Waals surface area contributed by atoms with Crippen LogP contribution in [-0.4, -0.2) is 54.1 Å². The second-order valence-electron chi connectivity index (χ2n) is 7.32. The van der Waals surface area contributed by atoms with Crippen LogP contribution in [0.25, 0.3) is 10.9 Å². The van der Waals surface area contributed by atoms with Crippen LogP contribution in [0.4, 0.5) is 10.2 Å². The Bertz CT molecular complexity index is 1050. The molecular weight excluding hydrogens is 387 g/mol. The number of amides is 1. The fraction of sp³-hybridized carbons (Fsp3) is 0.318. The van der Waals surface area contributed by atoms with Crippen molar-refractivity contribution in [2.45, 2.75) is 18.9 Å². The quantitative estimate of drug-likeness (QED) is 0.694. The number of fused-ring (bicyclic) bond motifs is 1. The number of methoxy groups -OCH3 is 1. The first-order valence-electron chi connectivity index (χ1n) is 9.78. The van der Waals surface area contributed by atoms with Crippen LogP contribution in [0.2, 0.25) is 0 Å². The van der Waals surface area contributed by atoms with Gasteiger partial charge in [-0.25, -0.2) is 14.4 Å². The maximum absolute atomic E-state index is 13.1. The molecule has 1 N–H and O–H groups in total. The summed E-state index contributed by atoms with van der Waals surface area (Å²) in [5, 5.41) is 3.42. The van der Waals surface area contributed by atoms with Crippen LogP contribution in [0.3, 0.4) is 0 Å². The van der Waals surface area contributed by atoms with Crippen molar-refractivity contribution >= 4 is 22.6 Å². The van der Waals surface area contributed by atoms with E-state index in [1.165, 1.54) is 30.6 Å². The Morgan fingerprint density at radius 3 is 2.57 bits per heavy atom. The molecule has 0 aliphatic carbocycles. The number of ether oxygens (including phenoxy) is 2. The summed E-state index contributed by atoms with van der Waals surface area (Å²) in [4.78, 5) is 23.4. The summed E-state index contributed by atoms with van der Waals surface area (Å²) in [5.41, 5.74) is 0.950. The molecule has 0 bridgehead atoms. The predicted octanol–water partition coefficient (Wildman–Crippen LogP) is 3.50. The lowest BCUT2D eigenvalue weighted by molar-refractivity contribution is 0.102. The highest BCUT2D eigenvalue weighted by Crippen LogP contribution is 2.35. The van der Waals surface area contributed by atoms with E-state index in [0.29, 0.717) is 33.8 Å². The first-order chi connectivity index (χ1) is 14.5. The minimum Gasteiger partial charge on any atom is -0.493 e. The van der Waals surface area contributed by atoms with Crippen LogP contribution in [0.5, 0.6) is 11.5 Å². The van der Waals surface area contributed by atoms with Crippen LogP contribution in [-0.2, 0) is 0 Å². The Hall–Kier alpha value is -3.26. The minimum absolute atomic E-state index is 0.0921. The lowest BCUT2D eigenvalue weighted by atomic mass is 10.1. The van der Waals surface area contributed by atoms with Crippen LogP contribution in [0.1, 0.15) is 23.2 Å². The normalized spacial score (nSPS) is 15.2. The molecule has 1 saturated heterocycles. The largest absolute Gasteiger partial charge is 0.493 e. The van der Waals surface area contributed by atoms with Gasteiger partial charge < -0.3 is 19.7 Å². The van der Waals surface area contributed by atoms with Crippen molar-refractivity contribution in [3.05, 3.63) is 54.1 Å². The van der Waals surface area contributed by atoms with Gasteiger partial charge in [-0.1, -0.05) is 0 Å². The number of benzene rings is 2. The van der Waals surface area contributed by atoms with Crippen molar-refractivity contribution < 1.29 is 18.7 Å². The van der Waals surface area contributed by atoms with Crippen molar-refractivity contribution in [3.8, 4) is 11.5 Å². The second-order valence-corrected chi connectivity index (χ2v) is 7.32. The fourth-order valence-corrected chi connectivity index (χ4v) is 3.48. The number of halogens is 1. The SMILES string of the molecule is COc1cc2ncnc(NC(=O)c3ccc(F)cc3)c2cc1OC1CCN(C)CC1. The summed E-state index contributed by atoms with van der Waals surface area (Å²) >= 11 is 0. The van der Waals surface area contributed by atoms with Gasteiger partial charge in [-0.2, -0.15) is 0 Å². The van der Waals surface area contributed by atoms with E-state index < -0.39 is 5.82 Å². The Labute approximate surface area is 173 Å². The smallest absolute Gasteiger partial charge is 0.256 e. The predicted molar refractivity (Wildman–Crippen MR) is 112 cm³/mol. The zero-order valence-electron chi connectivity index (χ0n) is 16.9. The lowest BCUT2D eigenvalue weighted by Gasteiger charge is -2.29. The van der Waals surface area contributed by atoms with E-state index in [4.69, 9.17) is 9.47 Å².